The number of hydrogen-bond acceptors (Lipinski definition) is 26. The number of carbonyl (C=O) groups excluding carboxylic acids is 9. The third-order valence-electron chi connectivity index (χ3n) is 17.5. The zero-order valence-corrected chi connectivity index (χ0v) is 97.1. The number of benzene rings is 12. The Bertz CT molecular complexity index is 6290. The van der Waals surface area contributed by atoms with Crippen molar-refractivity contribution in [3.05, 3.63) is 382 Å². The maximum Gasteiger partial charge on any atom is 2.00 e. The normalized spacial score (nSPS) is 9.26. The van der Waals surface area contributed by atoms with Crippen LogP contribution in [0.5, 0.6) is 0 Å². The largest absolute Gasteiger partial charge is 2.00 e. The number of hydrogen-bond donors (Lipinski definition) is 8. The van der Waals surface area contributed by atoms with E-state index in [9.17, 15) is 52.7 Å². The topological polar surface area (TPSA) is 422 Å². The van der Waals surface area contributed by atoms with E-state index in [1.54, 1.807) is 162 Å². The number of nitrogen functional groups attached to an aromatic ring is 1. The number of pyridine rings is 1. The van der Waals surface area contributed by atoms with Gasteiger partial charge in [0.05, 0.1) is 80.5 Å². The van der Waals surface area contributed by atoms with Crippen molar-refractivity contribution in [2.24, 2.45) is 4.30 Å². The van der Waals surface area contributed by atoms with Gasteiger partial charge in [-0.3, -0.25) is 43.3 Å². The summed E-state index contributed by atoms with van der Waals surface area (Å²) in [5.74, 6) is -5.79. The van der Waals surface area contributed by atoms with Crippen LogP contribution >= 0.6 is 110 Å². The Hall–Kier alpha value is -9.10. The molecule has 1 aromatic heterocycles. The van der Waals surface area contributed by atoms with Crippen LogP contribution in [0, 0.1) is 13.8 Å². The van der Waals surface area contributed by atoms with Gasteiger partial charge in [-0.1, -0.05) is 193 Å². The van der Waals surface area contributed by atoms with Crippen molar-refractivity contribution in [1.29, 1.82) is 0 Å². The van der Waals surface area contributed by atoms with Gasteiger partial charge in [0.25, 0.3) is 12.4 Å². The number of rotatable bonds is 21. The molecule has 0 atom stereocenters. The molecule has 144 heavy (non-hydrogen) atoms. The predicted molar refractivity (Wildman–Crippen MR) is 565 cm³/mol. The molecular formula is C100H98BBr2Cl7K2MgN9O21S. The standard InChI is InChI=1S/C18H16ClNO4.C18H14ClNO3.C15H15ClN2O2.C15H14ClNO.C13H10ClNO2.C7H4BrClO2.C6H7N.C3H3ClO3.C2H7NO.C2H5.CH2O3.BHNS.BrH.2K.Mg.H/c1-3-16(21)14-10-9-12(19)11-15(14)20(17(22)18(23)24-2)13-7-5-4-6-8-13;1-11-16(18(22)23-2)20(13-6-4-3-5-7-13)15-10-12(19)8-9-14(15)17(11)21;1-18(20-2)15(19)13-9-8-11(16)10-14(13)17-12-6-4-3-5-7-12;1-2-15(18)13-9-8-11(16)10-14(13)17-12-6-4-3-5-7-12;14-9-6-7-11(13(16)17)12(8-9)15-10-4-2-1-3-5-10;8-6-3-4(9)1-2-5(6)7(10)11;7-6-4-2-1-3-5-6;1-7-3(6)2(4)5;1-3-4-2;1-2;2-1-4-3;1-2-3;;;;;/h4-11H,3H2,1-2H3;3-10H,1-2H3;3-10,17H,1-2H3;3-10,17H,2H2,1H3;1-8,15H,(H,16,17);1-3H,(H,10,11);1-5H,7H2;1H3;3H,1-2H3;1H2,2H3;1,3H;3H;1H;;;;/q;;;;;;;;;-1;;;;2*+1;+2;-1/p-2. The number of esters is 3. The number of ketones is 2. The molecular weight excluding hydrogens is 2220 g/mol. The number of fused-ring (bicyclic) bond motifs is 1. The summed E-state index contributed by atoms with van der Waals surface area (Å²) in [6, 6.07) is 85.1. The van der Waals surface area contributed by atoms with E-state index in [0.717, 1.165) is 53.2 Å². The van der Waals surface area contributed by atoms with E-state index in [0.29, 0.717) is 91.2 Å². The van der Waals surface area contributed by atoms with Crippen LogP contribution in [0.2, 0.25) is 30.1 Å². The van der Waals surface area contributed by atoms with Gasteiger partial charge in [-0.2, -0.15) is 6.92 Å². The Morgan fingerprint density at radius 2 is 0.875 bits per heavy atom. The van der Waals surface area contributed by atoms with Gasteiger partial charge >= 0.3 is 192 Å². The van der Waals surface area contributed by atoms with Crippen molar-refractivity contribution in [1.82, 2.24) is 15.1 Å². The van der Waals surface area contributed by atoms with Crippen LogP contribution in [-0.2, 0) is 52.7 Å². The molecule has 30 nitrogen and oxygen atoms in total. The number of halogens is 9. The molecule has 13 aromatic rings. The smallest absolute Gasteiger partial charge is 1.00 e. The number of Topliss-reactive ketones (excluding diaryl/α,β-unsaturated/α-hetero) is 2. The number of amides is 2. The molecule has 0 bridgehead atoms. The number of nitrogens with zero attached hydrogens (tertiary/aromatic N) is 4. The van der Waals surface area contributed by atoms with E-state index >= 15 is 0 Å². The van der Waals surface area contributed by atoms with Crippen molar-refractivity contribution in [3.63, 3.8) is 0 Å². The number of hydroxylamine groups is 3. The van der Waals surface area contributed by atoms with Crippen LogP contribution in [0.1, 0.15) is 103 Å². The summed E-state index contributed by atoms with van der Waals surface area (Å²) in [5.41, 5.74) is 17.3. The van der Waals surface area contributed by atoms with Crippen molar-refractivity contribution >= 4 is 268 Å². The molecule has 0 saturated carbocycles. The molecule has 745 valence electrons. The summed E-state index contributed by atoms with van der Waals surface area (Å²) in [7, 11) is 14.1. The Morgan fingerprint density at radius 3 is 1.23 bits per heavy atom. The third-order valence-corrected chi connectivity index (χ3v) is 19.7. The Balaban J connectivity index is -0.000000782. The maximum atomic E-state index is 12.6. The molecule has 44 heteroatoms. The fourth-order valence-electron chi connectivity index (χ4n) is 11.0. The average Bonchev–Trinajstić information content (AvgIpc) is 0.741. The van der Waals surface area contributed by atoms with Crippen molar-refractivity contribution in [2.75, 3.05) is 76.2 Å². The van der Waals surface area contributed by atoms with E-state index in [4.69, 9.17) is 105 Å². The molecule has 2 amide bonds. The molecule has 0 aliphatic carbocycles. The van der Waals surface area contributed by atoms with Gasteiger partial charge < -0.3 is 91.0 Å². The Kier molecular flexibility index (Phi) is 76.4. The molecule has 0 aliphatic rings. The first-order chi connectivity index (χ1) is 66.9. The Morgan fingerprint density at radius 1 is 0.535 bits per heavy atom. The van der Waals surface area contributed by atoms with Gasteiger partial charge in [0.2, 0.25) is 0 Å². The number of ether oxygens (including phenoxy) is 3. The van der Waals surface area contributed by atoms with Crippen molar-refractivity contribution in [3.8, 4) is 5.69 Å². The fraction of sp³-hybridized carbons (Fsp3) is 0.130. The van der Waals surface area contributed by atoms with Crippen molar-refractivity contribution in [2.45, 2.75) is 40.5 Å². The second kappa shape index (κ2) is 79.1. The summed E-state index contributed by atoms with van der Waals surface area (Å²) >= 11 is 46.5. The Labute approximate surface area is 997 Å². The first-order valence-corrected chi connectivity index (χ1v) is 44.5. The van der Waals surface area contributed by atoms with Gasteiger partial charge in [0.15, 0.2) is 17.0 Å². The van der Waals surface area contributed by atoms with Crippen LogP contribution in [0.4, 0.5) is 51.2 Å². The van der Waals surface area contributed by atoms with E-state index in [-0.39, 0.29) is 203 Å². The molecule has 0 unspecified atom stereocenters. The molecule has 0 saturated heterocycles. The molecule has 0 fully saturated rings. The van der Waals surface area contributed by atoms with E-state index in [2.05, 4.69) is 99.8 Å². The number of nitrogens with one attached hydrogen (secondary N) is 4. The molecule has 1 radical (unpaired) electrons. The quantitative estimate of drug-likeness (QED) is 0.00269. The molecule has 13 rings (SSSR count). The first kappa shape index (κ1) is 139. The summed E-state index contributed by atoms with van der Waals surface area (Å²) < 4.78 is 18.2. The number of para-hydroxylation sites is 6. The minimum Gasteiger partial charge on any atom is -1.00 e. The van der Waals surface area contributed by atoms with E-state index in [1.807, 2.05) is 159 Å². The van der Waals surface area contributed by atoms with Crippen LogP contribution < -0.4 is 163 Å². The fourth-order valence-corrected chi connectivity index (χ4v) is 12.8. The van der Waals surface area contributed by atoms with Crippen molar-refractivity contribution < 1.29 is 218 Å². The van der Waals surface area contributed by atoms with E-state index in [1.165, 1.54) is 43.5 Å². The zero-order chi connectivity index (χ0) is 105. The van der Waals surface area contributed by atoms with E-state index < -0.39 is 41.0 Å². The number of aromatic carboxylic acids is 2. The third kappa shape index (κ3) is 50.1. The number of aromatic nitrogens is 1. The summed E-state index contributed by atoms with van der Waals surface area (Å²) in [4.78, 5) is 148. The zero-order valence-electron chi connectivity index (χ0n) is 81.1. The van der Waals surface area contributed by atoms with Crippen LogP contribution in [-0.4, -0.2) is 165 Å². The summed E-state index contributed by atoms with van der Waals surface area (Å²) in [6.45, 7) is 10.0. The number of carboxylic acids is 2. The van der Waals surface area contributed by atoms with Crippen LogP contribution in [0.25, 0.3) is 16.6 Å². The van der Waals surface area contributed by atoms with Gasteiger partial charge in [0, 0.05) is 118 Å². The van der Waals surface area contributed by atoms with Gasteiger partial charge in [-0.25, -0.2) is 34.5 Å². The SMILES string of the molecule is CCC(=O)c1ccc(Cl)cc1N(C(=O)C(=O)OC)c1ccccc1.CCC(=O)c1ccc(Cl)cc1Nc1ccccc1.CNOC.COC(=O)C(=O)Cl.COC(=O)c1c(C)c(=O)c2ccc(Cl)cc2n1-c1ccccc1.CON(C)C(=O)c1ccc(Cl)cc1Nc1ccccc1.Nc1ccccc1.O=C(O)c1ccc(Cl)cc1Br.O=C(O)c1ccc(Cl)cc1Nc1ccccc1.O=CO[O-].[B]=NS.[Br-].[CH2-]C.[H-].[K+].[K+].[Mg+2]. The van der Waals surface area contributed by atoms with Crippen LogP contribution in [0.3, 0.4) is 0 Å². The first-order valence-electron chi connectivity index (χ1n) is 40.6. The van der Waals surface area contributed by atoms with Crippen LogP contribution in [0.15, 0.2) is 305 Å². The van der Waals surface area contributed by atoms with Gasteiger partial charge in [-0.05, 0) is 216 Å². The number of carbonyl (C=O) groups is 11. The maximum absolute atomic E-state index is 12.6. The summed E-state index contributed by atoms with van der Waals surface area (Å²) in [6.07, 6.45) is 0.731. The number of anilines is 9. The minimum atomic E-state index is -1.09. The second-order valence-corrected chi connectivity index (χ2v) is 30.5. The van der Waals surface area contributed by atoms with Gasteiger partial charge in [0.1, 0.15) is 5.69 Å². The predicted octanol–water partition coefficient (Wildman–Crippen LogP) is 13.6. The molecule has 8 N–H and O–H groups in total. The number of methoxy groups -OCH3 is 3. The monoisotopic (exact) mass is 2310 g/mol. The minimum absolute atomic E-state index is 0. The number of carboxylic acid groups (broad SMARTS) is 2. The molecule has 1 heterocycles. The number of thiol groups is 1. The summed E-state index contributed by atoms with van der Waals surface area (Å²) in [5, 5.41) is 39.1. The molecule has 0 aliphatic heterocycles. The molecule has 12 aromatic carbocycles. The molecule has 0 spiro atoms. The number of nitrogens with two attached hydrogens (primary N) is 1. The van der Waals surface area contributed by atoms with Gasteiger partial charge in [-0.15, -0.1) is 0 Å². The second-order valence-electron chi connectivity index (χ2n) is 26.5. The average molecular weight is 2320 g/mol.